The van der Waals surface area contributed by atoms with Crippen LogP contribution < -0.4 is 14.7 Å². The first-order valence-corrected chi connectivity index (χ1v) is 10.3. The molecule has 2 saturated heterocycles. The van der Waals surface area contributed by atoms with Crippen molar-refractivity contribution in [3.63, 3.8) is 0 Å². The number of hydroxylamine groups is 1. The number of amides is 2. The van der Waals surface area contributed by atoms with Crippen molar-refractivity contribution in [2.75, 3.05) is 17.1 Å². The lowest BCUT2D eigenvalue weighted by atomic mass is 9.90. The Balaban J connectivity index is 1.53. The molecule has 5 rings (SSSR count). The van der Waals surface area contributed by atoms with Gasteiger partial charge < -0.3 is 4.74 Å². The van der Waals surface area contributed by atoms with Crippen LogP contribution in [-0.4, -0.2) is 30.0 Å². The van der Waals surface area contributed by atoms with Gasteiger partial charge in [0.15, 0.2) is 6.10 Å². The molecule has 3 atom stereocenters. The van der Waals surface area contributed by atoms with Crippen LogP contribution >= 0.6 is 0 Å². The lowest BCUT2D eigenvalue weighted by molar-refractivity contribution is -0.384. The number of non-ortho nitro benzene ring substituents is 1. The Morgan fingerprint density at radius 2 is 1.52 bits per heavy atom. The summed E-state index contributed by atoms with van der Waals surface area (Å²) in [6.07, 6.45) is -1.01. The summed E-state index contributed by atoms with van der Waals surface area (Å²) in [5.74, 6) is -1.03. The molecule has 0 spiro atoms. The van der Waals surface area contributed by atoms with Crippen molar-refractivity contribution >= 4 is 28.9 Å². The van der Waals surface area contributed by atoms with E-state index >= 15 is 0 Å². The van der Waals surface area contributed by atoms with Crippen molar-refractivity contribution in [3.05, 3.63) is 94.5 Å². The fourth-order valence-corrected chi connectivity index (χ4v) is 4.33. The highest BCUT2D eigenvalue weighted by molar-refractivity contribution is 6.23. The number of fused-ring (bicyclic) bond motifs is 1. The molecule has 2 aliphatic heterocycles. The van der Waals surface area contributed by atoms with Gasteiger partial charge >= 0.3 is 0 Å². The maximum atomic E-state index is 13.5. The van der Waals surface area contributed by atoms with Crippen molar-refractivity contribution in [1.82, 2.24) is 0 Å². The minimum atomic E-state index is -1.01. The Labute approximate surface area is 188 Å². The molecule has 2 aliphatic rings. The number of benzene rings is 3. The normalized spacial score (nSPS) is 21.9. The zero-order valence-corrected chi connectivity index (χ0v) is 17.5. The van der Waals surface area contributed by atoms with Crippen molar-refractivity contribution in [2.45, 2.75) is 12.1 Å². The summed E-state index contributed by atoms with van der Waals surface area (Å²) in [6.45, 7) is 0. The lowest BCUT2D eigenvalue weighted by Crippen LogP contribution is -2.37. The Kier molecular flexibility index (Phi) is 5.02. The molecular formula is C24H19N3O6. The summed E-state index contributed by atoms with van der Waals surface area (Å²) in [5, 5.41) is 12.6. The Morgan fingerprint density at radius 3 is 2.12 bits per heavy atom. The zero-order valence-electron chi connectivity index (χ0n) is 17.5. The average Bonchev–Trinajstić information content (AvgIpc) is 3.35. The second-order valence-electron chi connectivity index (χ2n) is 7.72. The van der Waals surface area contributed by atoms with Crippen molar-refractivity contribution in [1.29, 1.82) is 0 Å². The first-order chi connectivity index (χ1) is 16.0. The Bertz CT molecular complexity index is 1210. The van der Waals surface area contributed by atoms with Crippen LogP contribution in [0.3, 0.4) is 0 Å². The van der Waals surface area contributed by atoms with Crippen LogP contribution in [0.4, 0.5) is 17.1 Å². The van der Waals surface area contributed by atoms with Crippen molar-refractivity contribution < 1.29 is 24.1 Å². The van der Waals surface area contributed by atoms with Gasteiger partial charge in [-0.25, -0.2) is 9.96 Å². The van der Waals surface area contributed by atoms with Gasteiger partial charge in [-0.3, -0.25) is 24.5 Å². The quantitative estimate of drug-likeness (QED) is 0.336. The first kappa shape index (κ1) is 20.7. The van der Waals surface area contributed by atoms with Gasteiger partial charge in [0.25, 0.3) is 11.6 Å². The van der Waals surface area contributed by atoms with Gasteiger partial charge in [0.1, 0.15) is 11.7 Å². The molecule has 2 fully saturated rings. The molecule has 0 saturated carbocycles. The van der Waals surface area contributed by atoms with Crippen LogP contribution in [-0.2, 0) is 14.4 Å². The maximum Gasteiger partial charge on any atom is 0.269 e. The minimum absolute atomic E-state index is 0.123. The molecule has 2 heterocycles. The minimum Gasteiger partial charge on any atom is -0.497 e. The van der Waals surface area contributed by atoms with Crippen LogP contribution in [0.5, 0.6) is 5.75 Å². The number of anilines is 2. The summed E-state index contributed by atoms with van der Waals surface area (Å²) in [7, 11) is 1.57. The number of hydrogen-bond acceptors (Lipinski definition) is 7. The fraction of sp³-hybridized carbons (Fsp3) is 0.167. The summed E-state index contributed by atoms with van der Waals surface area (Å²) < 4.78 is 5.22. The van der Waals surface area contributed by atoms with E-state index in [0.29, 0.717) is 11.4 Å². The van der Waals surface area contributed by atoms with Gasteiger partial charge in [-0.05, 0) is 42.0 Å². The molecule has 3 aromatic carbocycles. The largest absolute Gasteiger partial charge is 0.497 e. The van der Waals surface area contributed by atoms with Gasteiger partial charge in [-0.1, -0.05) is 30.3 Å². The standard InChI is InChI=1S/C24H19N3O6/c1-32-19-13-11-17(12-14-19)26-21(15-5-3-2-4-6-15)20-22(33-26)24(29)25(23(20)28)16-7-9-18(10-8-16)27(30)31/h2-14,20-22H,1H3/t20-,21+,22-/m0/s1. The van der Waals surface area contributed by atoms with Crippen LogP contribution in [0.1, 0.15) is 11.6 Å². The number of nitro groups is 1. The fourth-order valence-electron chi connectivity index (χ4n) is 4.33. The number of ether oxygens (including phenoxy) is 1. The molecule has 0 N–H and O–H groups in total. The van der Waals surface area contributed by atoms with E-state index in [0.717, 1.165) is 10.5 Å². The topological polar surface area (TPSA) is 102 Å². The lowest BCUT2D eigenvalue weighted by Gasteiger charge is -2.28. The number of nitrogens with zero attached hydrogens (tertiary/aromatic N) is 3. The molecular weight excluding hydrogens is 426 g/mol. The molecule has 33 heavy (non-hydrogen) atoms. The first-order valence-electron chi connectivity index (χ1n) is 10.3. The number of methoxy groups -OCH3 is 1. The van der Waals surface area contributed by atoms with E-state index in [2.05, 4.69) is 0 Å². The predicted octanol–water partition coefficient (Wildman–Crippen LogP) is 3.65. The number of carbonyl (C=O) groups is 2. The van der Waals surface area contributed by atoms with E-state index in [-0.39, 0.29) is 11.4 Å². The highest BCUT2D eigenvalue weighted by Crippen LogP contribution is 2.47. The van der Waals surface area contributed by atoms with E-state index in [1.54, 1.807) is 36.4 Å². The van der Waals surface area contributed by atoms with E-state index in [9.17, 15) is 19.7 Å². The molecule has 9 heteroatoms. The van der Waals surface area contributed by atoms with E-state index < -0.39 is 34.8 Å². The zero-order chi connectivity index (χ0) is 23.1. The van der Waals surface area contributed by atoms with Crippen LogP contribution in [0.15, 0.2) is 78.9 Å². The van der Waals surface area contributed by atoms with Gasteiger partial charge in [0, 0.05) is 12.1 Å². The van der Waals surface area contributed by atoms with E-state index in [1.165, 1.54) is 24.3 Å². The SMILES string of the molecule is COc1ccc(N2O[C@@H]3C(=O)N(c4ccc([N+](=O)[O-])cc4)C(=O)[C@H]3[C@H]2c2ccccc2)cc1. The van der Waals surface area contributed by atoms with Crippen LogP contribution in [0.2, 0.25) is 0 Å². The predicted molar refractivity (Wildman–Crippen MR) is 119 cm³/mol. The molecule has 0 bridgehead atoms. The number of nitro benzene ring substituents is 1. The Hall–Kier alpha value is -4.24. The van der Waals surface area contributed by atoms with Crippen molar-refractivity contribution in [3.8, 4) is 5.75 Å². The van der Waals surface area contributed by atoms with E-state index in [4.69, 9.17) is 9.57 Å². The summed E-state index contributed by atoms with van der Waals surface area (Å²) in [5.41, 5.74) is 1.66. The van der Waals surface area contributed by atoms with Gasteiger partial charge in [0.2, 0.25) is 5.91 Å². The molecule has 9 nitrogen and oxygen atoms in total. The van der Waals surface area contributed by atoms with Crippen molar-refractivity contribution in [2.24, 2.45) is 5.92 Å². The monoisotopic (exact) mass is 445 g/mol. The third kappa shape index (κ3) is 3.39. The Morgan fingerprint density at radius 1 is 0.879 bits per heavy atom. The third-order valence-electron chi connectivity index (χ3n) is 5.90. The molecule has 0 unspecified atom stereocenters. The number of hydrogen-bond donors (Lipinski definition) is 0. The molecule has 0 aliphatic carbocycles. The second kappa shape index (κ2) is 8.03. The molecule has 3 aromatic rings. The molecule has 0 radical (unpaired) electrons. The summed E-state index contributed by atoms with van der Waals surface area (Å²) in [4.78, 5) is 44.4. The molecule has 166 valence electrons. The number of rotatable bonds is 5. The smallest absolute Gasteiger partial charge is 0.269 e. The highest BCUT2D eigenvalue weighted by atomic mass is 16.7. The van der Waals surface area contributed by atoms with E-state index in [1.807, 2.05) is 30.3 Å². The molecule has 2 amide bonds. The average molecular weight is 445 g/mol. The van der Waals surface area contributed by atoms with Gasteiger partial charge in [0.05, 0.1) is 29.4 Å². The van der Waals surface area contributed by atoms with Gasteiger partial charge in [-0.2, -0.15) is 0 Å². The van der Waals surface area contributed by atoms with Gasteiger partial charge in [-0.15, -0.1) is 0 Å². The molecule has 0 aromatic heterocycles. The summed E-state index contributed by atoms with van der Waals surface area (Å²) in [6, 6.07) is 21.3. The second-order valence-corrected chi connectivity index (χ2v) is 7.72. The number of carbonyl (C=O) groups excluding carboxylic acids is 2. The van der Waals surface area contributed by atoms with Crippen LogP contribution in [0, 0.1) is 16.0 Å². The maximum absolute atomic E-state index is 13.5. The third-order valence-corrected chi connectivity index (χ3v) is 5.90. The van der Waals surface area contributed by atoms with Crippen LogP contribution in [0.25, 0.3) is 0 Å². The highest BCUT2D eigenvalue weighted by Gasteiger charge is 2.60. The number of imide groups is 1. The summed E-state index contributed by atoms with van der Waals surface area (Å²) >= 11 is 0.